The molecule has 0 N–H and O–H groups in total. The molecule has 4 aromatic carbocycles. The van der Waals surface area contributed by atoms with Crippen molar-refractivity contribution < 1.29 is 35.8 Å². The van der Waals surface area contributed by atoms with Crippen LogP contribution in [0.1, 0.15) is 193 Å². The van der Waals surface area contributed by atoms with Crippen molar-refractivity contribution in [1.29, 1.82) is 0 Å². The highest BCUT2D eigenvalue weighted by atomic mass is 19.1. The number of pyridine rings is 4. The molecule has 0 spiro atoms. The van der Waals surface area contributed by atoms with E-state index in [1.165, 1.54) is 18.2 Å². The van der Waals surface area contributed by atoms with Gasteiger partial charge in [0.2, 0.25) is 22.8 Å². The van der Waals surface area contributed by atoms with Gasteiger partial charge in [0.15, 0.2) is 71.4 Å². The molecule has 0 aliphatic heterocycles. The Balaban J connectivity index is 0.000000163. The van der Waals surface area contributed by atoms with Gasteiger partial charge in [-0.2, -0.15) is 35.8 Å². The van der Waals surface area contributed by atoms with E-state index in [0.29, 0.717) is 80.0 Å². The van der Waals surface area contributed by atoms with Crippen LogP contribution in [0.5, 0.6) is 0 Å². The van der Waals surface area contributed by atoms with E-state index < -0.39 is 0 Å². The molecule has 12 rings (SSSR count). The van der Waals surface area contributed by atoms with Crippen LogP contribution in [0.2, 0.25) is 0 Å². The molecule has 8 heterocycles. The molecule has 19 heteroatoms. The molecule has 542 valence electrons. The van der Waals surface area contributed by atoms with Gasteiger partial charge in [-0.15, -0.1) is 0 Å². The van der Waals surface area contributed by atoms with Crippen LogP contribution in [-0.2, 0) is 28.2 Å². The predicted molar refractivity (Wildman–Crippen MR) is 407 cm³/mol. The fraction of sp³-hybridized carbons (Fsp3) is 0.337. The Bertz CT molecular complexity index is 4790. The molecule has 105 heavy (non-hydrogen) atoms. The lowest BCUT2D eigenvalue weighted by molar-refractivity contribution is -0.661. The predicted octanol–water partition coefficient (Wildman–Crippen LogP) is 18.2. The number of hydrogen-bond acceptors (Lipinski definition) is 11. The lowest BCUT2D eigenvalue weighted by atomic mass is 10.0. The van der Waals surface area contributed by atoms with E-state index in [2.05, 4.69) is 84.7 Å². The molecule has 0 radical (unpaired) electrons. The van der Waals surface area contributed by atoms with Crippen LogP contribution in [0.15, 0.2) is 146 Å². The second kappa shape index (κ2) is 33.8. The molecule has 0 atom stereocenters. The molecule has 0 aliphatic carbocycles. The van der Waals surface area contributed by atoms with Gasteiger partial charge in [0, 0.05) is 35.1 Å². The Kier molecular flexibility index (Phi) is 25.3. The fourth-order valence-corrected chi connectivity index (χ4v) is 12.2. The minimum absolute atomic E-state index is 0.173. The average molecular weight is 1420 g/mol. The molecule has 0 fully saturated rings. The van der Waals surface area contributed by atoms with Gasteiger partial charge >= 0.3 is 0 Å². The molecule has 0 amide bonds. The van der Waals surface area contributed by atoms with Gasteiger partial charge in [-0.05, 0) is 137 Å². The minimum atomic E-state index is -0.296. The molecule has 0 saturated heterocycles. The smallest absolute Gasteiger partial charge is 0.233 e. The van der Waals surface area contributed by atoms with Gasteiger partial charge in [-0.25, -0.2) is 54.8 Å². The van der Waals surface area contributed by atoms with Crippen LogP contribution in [0.4, 0.5) is 17.6 Å². The number of rotatable bonds is 14. The van der Waals surface area contributed by atoms with E-state index in [9.17, 15) is 4.39 Å². The Morgan fingerprint density at radius 1 is 0.267 bits per heavy atom. The van der Waals surface area contributed by atoms with Gasteiger partial charge in [-0.3, -0.25) is 0 Å². The Labute approximate surface area is 616 Å². The molecule has 0 unspecified atom stereocenters. The first-order valence-corrected chi connectivity index (χ1v) is 35.8. The van der Waals surface area contributed by atoms with E-state index in [-0.39, 0.29) is 58.8 Å². The summed E-state index contributed by atoms with van der Waals surface area (Å²) in [5.74, 6) is 6.40. The molecular weight excluding hydrogens is 1320 g/mol. The quantitative estimate of drug-likeness (QED) is 0.0754. The molecule has 0 bridgehead atoms. The van der Waals surface area contributed by atoms with Crippen molar-refractivity contribution in [3.8, 4) is 90.6 Å². The maximum absolute atomic E-state index is 15.2. The highest BCUT2D eigenvalue weighted by molar-refractivity contribution is 5.68. The van der Waals surface area contributed by atoms with Crippen molar-refractivity contribution >= 4 is 0 Å². The van der Waals surface area contributed by atoms with Crippen LogP contribution in [0.25, 0.3) is 90.6 Å². The molecule has 8 aromatic heterocycles. The number of aryl methyl sites for hydroxylation is 11. The summed E-state index contributed by atoms with van der Waals surface area (Å²) in [5.41, 5.74) is 15.7. The third kappa shape index (κ3) is 18.8. The Morgan fingerprint density at radius 2 is 0.533 bits per heavy atom. The van der Waals surface area contributed by atoms with Crippen LogP contribution in [-0.4, -0.2) is 54.8 Å². The van der Waals surface area contributed by atoms with Gasteiger partial charge in [0.25, 0.3) is 0 Å². The SMILES string of the molecule is Cc1ccc(-c2c(F)cc(-c3nc(C(C)C)nc(C(C)C)n3)c[n+]2C)c(C)c1.Cc1ccccc1-c1c(F)cc(-c2nc(C(C)C)cc(C(C)C)n2)c[n+]1C.Cc1ccccc1-c1c(F)cc(-c2nc(C(C)C)nc(C(C)C)n2)c[n+]1C.Cc1nc(C)nc(-c2cc(F)c(-c3ccccc3C)[n+](C)c2)n1. The summed E-state index contributed by atoms with van der Waals surface area (Å²) in [6.07, 6.45) is 7.53. The van der Waals surface area contributed by atoms with Crippen molar-refractivity contribution in [2.75, 3.05) is 0 Å². The highest BCUT2D eigenvalue weighted by Gasteiger charge is 2.28. The summed E-state index contributed by atoms with van der Waals surface area (Å²) in [5, 5.41) is 0. The molecule has 12 aromatic rings. The van der Waals surface area contributed by atoms with Crippen molar-refractivity contribution in [3.63, 3.8) is 0 Å². The first-order chi connectivity index (χ1) is 49.7. The third-order valence-corrected chi connectivity index (χ3v) is 17.9. The maximum Gasteiger partial charge on any atom is 0.248 e. The monoisotopic (exact) mass is 1420 g/mol. The first-order valence-electron chi connectivity index (χ1n) is 35.8. The summed E-state index contributed by atoms with van der Waals surface area (Å²) in [7, 11) is 7.40. The first kappa shape index (κ1) is 78.4. The summed E-state index contributed by atoms with van der Waals surface area (Å²) >= 11 is 0. The summed E-state index contributed by atoms with van der Waals surface area (Å²) in [6, 6.07) is 37.6. The second-order valence-electron chi connectivity index (χ2n) is 28.9. The normalized spacial score (nSPS) is 11.3. The Morgan fingerprint density at radius 3 is 0.790 bits per heavy atom. The van der Waals surface area contributed by atoms with Crippen molar-refractivity contribution in [2.45, 2.75) is 167 Å². The van der Waals surface area contributed by atoms with Crippen LogP contribution in [0, 0.1) is 71.7 Å². The second-order valence-corrected chi connectivity index (χ2v) is 28.9. The lowest BCUT2D eigenvalue weighted by Crippen LogP contribution is -2.32. The van der Waals surface area contributed by atoms with Crippen molar-refractivity contribution in [1.82, 2.24) is 54.8 Å². The van der Waals surface area contributed by atoms with Crippen LogP contribution in [0.3, 0.4) is 0 Å². The molecule has 15 nitrogen and oxygen atoms in total. The van der Waals surface area contributed by atoms with E-state index >= 15 is 13.2 Å². The fourth-order valence-electron chi connectivity index (χ4n) is 12.2. The van der Waals surface area contributed by atoms with E-state index in [0.717, 1.165) is 84.8 Å². The topological polar surface area (TPSA) is 157 Å². The summed E-state index contributed by atoms with van der Waals surface area (Å²) < 4.78 is 67.4. The zero-order chi connectivity index (χ0) is 76.6. The standard InChI is InChI=1S/C23H28FN4.C23H27FN3.C22H26FN4.C18H18FN4/c1-13(2)21-25-22(14(3)4)27-23(26-21)17-11-19(24)20(28(7)12-17)18-9-8-15(5)10-16(18)6;1-14(2)20-12-21(15(3)4)26-23(25-20)17-11-19(24)22(27(6)13-17)18-10-8-7-9-16(18)5;1-13(2)20-24-21(14(3)4)26-22(25-20)16-11-18(23)19(27(6)12-16)17-10-8-7-9-15(17)5;1-11-7-5-6-8-15(11)17-16(19)9-14(10-23(17)4)18-21-12(2)20-13(3)22-18/h8-14H,1-7H3;7-15H,1-6H3;7-14H,1-6H3;5-10H,1-4H3/q4*+1. The van der Waals surface area contributed by atoms with E-state index in [4.69, 9.17) is 9.97 Å². The van der Waals surface area contributed by atoms with Crippen molar-refractivity contribution in [2.24, 2.45) is 28.2 Å². The van der Waals surface area contributed by atoms with Gasteiger partial charge < -0.3 is 0 Å². The molecule has 0 saturated carbocycles. The van der Waals surface area contributed by atoms with Crippen molar-refractivity contribution in [3.05, 3.63) is 244 Å². The van der Waals surface area contributed by atoms with Gasteiger partial charge in [0.05, 0.1) is 44.5 Å². The van der Waals surface area contributed by atoms with Crippen LogP contribution < -0.4 is 18.3 Å². The lowest BCUT2D eigenvalue weighted by Gasteiger charge is -2.13. The van der Waals surface area contributed by atoms with E-state index in [1.807, 2.05) is 237 Å². The maximum atomic E-state index is 15.2. The highest BCUT2D eigenvalue weighted by Crippen LogP contribution is 2.33. The van der Waals surface area contributed by atoms with Gasteiger partial charge in [0.1, 0.15) is 63.1 Å². The number of halogens is 4. The zero-order valence-corrected chi connectivity index (χ0v) is 65.0. The third-order valence-electron chi connectivity index (χ3n) is 17.9. The zero-order valence-electron chi connectivity index (χ0n) is 65.0. The largest absolute Gasteiger partial charge is 0.248 e. The molecule has 0 aliphatic rings. The Hall–Kier alpha value is -10.7. The summed E-state index contributed by atoms with van der Waals surface area (Å²) in [4.78, 5) is 49.6. The van der Waals surface area contributed by atoms with Gasteiger partial charge in [-0.1, -0.05) is 155 Å². The number of aromatic nitrogens is 15. The molecular formula is C86H99F4N15+4. The van der Waals surface area contributed by atoms with Crippen LogP contribution >= 0.6 is 0 Å². The minimum Gasteiger partial charge on any atom is -0.233 e. The summed E-state index contributed by atoms with van der Waals surface area (Å²) in [6.45, 7) is 38.4. The number of nitrogens with zero attached hydrogens (tertiary/aromatic N) is 15. The number of hydrogen-bond donors (Lipinski definition) is 0. The van der Waals surface area contributed by atoms with E-state index in [1.54, 1.807) is 29.0 Å². The average Bonchev–Trinajstić information content (AvgIpc) is 0.797. The number of benzene rings is 4.